The Hall–Kier alpha value is -3.51. The van der Waals surface area contributed by atoms with Crippen LogP contribution in [-0.4, -0.2) is 113 Å². The first-order valence-electron chi connectivity index (χ1n) is 12.9. The van der Waals surface area contributed by atoms with Crippen LogP contribution in [0.4, 0.5) is 0 Å². The number of hydrogen-bond donors (Lipinski definition) is 10. The van der Waals surface area contributed by atoms with Crippen LogP contribution < -0.4 is 5.43 Å². The van der Waals surface area contributed by atoms with Gasteiger partial charge in [0.1, 0.15) is 77.1 Å². The average molecular weight is 595 g/mol. The second-order valence-electron chi connectivity index (χ2n) is 10.3. The van der Waals surface area contributed by atoms with E-state index in [4.69, 9.17) is 18.6 Å². The summed E-state index contributed by atoms with van der Waals surface area (Å²) in [5.41, 5.74) is -1.20. The maximum atomic E-state index is 12.8. The van der Waals surface area contributed by atoms with E-state index in [0.29, 0.717) is 0 Å². The van der Waals surface area contributed by atoms with Crippen LogP contribution in [0.1, 0.15) is 18.6 Å². The molecule has 0 saturated carbocycles. The first kappa shape index (κ1) is 30.0. The van der Waals surface area contributed by atoms with Crippen molar-refractivity contribution >= 4 is 11.0 Å². The van der Waals surface area contributed by atoms with E-state index in [1.165, 1.54) is 13.0 Å². The maximum absolute atomic E-state index is 12.8. The van der Waals surface area contributed by atoms with Gasteiger partial charge >= 0.3 is 0 Å². The Bertz CT molecular complexity index is 1520. The summed E-state index contributed by atoms with van der Waals surface area (Å²) in [6.45, 7) is 0.604. The molecule has 0 radical (unpaired) electrons. The van der Waals surface area contributed by atoms with Crippen molar-refractivity contribution in [3.05, 3.63) is 46.1 Å². The van der Waals surface area contributed by atoms with Crippen molar-refractivity contribution in [3.8, 4) is 34.3 Å². The molecule has 10 N–H and O–H groups in total. The fourth-order valence-electron chi connectivity index (χ4n) is 5.17. The zero-order chi connectivity index (χ0) is 30.6. The quantitative estimate of drug-likeness (QED) is 0.153. The van der Waals surface area contributed by atoms with E-state index < -0.39 is 96.3 Å². The van der Waals surface area contributed by atoms with Crippen LogP contribution in [0, 0.1) is 0 Å². The maximum Gasteiger partial charge on any atom is 0.197 e. The molecule has 15 nitrogen and oxygen atoms in total. The van der Waals surface area contributed by atoms with Crippen molar-refractivity contribution in [2.75, 3.05) is 6.61 Å². The summed E-state index contributed by atoms with van der Waals surface area (Å²) in [5, 5.41) is 103. The smallest absolute Gasteiger partial charge is 0.197 e. The minimum absolute atomic E-state index is 0.0215. The van der Waals surface area contributed by atoms with E-state index in [2.05, 4.69) is 0 Å². The largest absolute Gasteiger partial charge is 0.508 e. The molecule has 5 rings (SSSR count). The Morgan fingerprint density at radius 3 is 2.21 bits per heavy atom. The fraction of sp³-hybridized carbons (Fsp3) is 0.444. The first-order valence-corrected chi connectivity index (χ1v) is 12.9. The second kappa shape index (κ2) is 11.3. The van der Waals surface area contributed by atoms with Crippen LogP contribution in [0.5, 0.6) is 23.0 Å². The first-order chi connectivity index (χ1) is 19.8. The van der Waals surface area contributed by atoms with E-state index in [-0.39, 0.29) is 27.9 Å². The predicted octanol–water partition coefficient (Wildman–Crippen LogP) is -1.35. The fourth-order valence-corrected chi connectivity index (χ4v) is 5.17. The van der Waals surface area contributed by atoms with Crippen LogP contribution in [0.3, 0.4) is 0 Å². The zero-order valence-electron chi connectivity index (χ0n) is 21.9. The number of aromatic hydroxyl groups is 4. The van der Waals surface area contributed by atoms with Crippen molar-refractivity contribution in [2.24, 2.45) is 0 Å². The average Bonchev–Trinajstić information content (AvgIpc) is 2.94. The van der Waals surface area contributed by atoms with Crippen molar-refractivity contribution in [1.29, 1.82) is 0 Å². The molecule has 2 saturated heterocycles. The van der Waals surface area contributed by atoms with Gasteiger partial charge in [0, 0.05) is 29.3 Å². The van der Waals surface area contributed by atoms with Gasteiger partial charge in [0.15, 0.2) is 23.2 Å². The lowest BCUT2D eigenvalue weighted by atomic mass is 9.89. The molecule has 15 heteroatoms. The van der Waals surface area contributed by atoms with Crippen LogP contribution in [0.15, 0.2) is 39.5 Å². The van der Waals surface area contributed by atoms with E-state index in [1.54, 1.807) is 0 Å². The van der Waals surface area contributed by atoms with Gasteiger partial charge in [0.25, 0.3) is 0 Å². The number of phenols is 4. The second-order valence-corrected chi connectivity index (χ2v) is 10.3. The molecule has 0 bridgehead atoms. The molecular weight excluding hydrogens is 564 g/mol. The highest BCUT2D eigenvalue weighted by Gasteiger charge is 2.51. The van der Waals surface area contributed by atoms with E-state index in [0.717, 1.165) is 24.3 Å². The van der Waals surface area contributed by atoms with Gasteiger partial charge in [-0.15, -0.1) is 0 Å². The third-order valence-electron chi connectivity index (χ3n) is 7.47. The Morgan fingerprint density at radius 1 is 0.810 bits per heavy atom. The highest BCUT2D eigenvalue weighted by molar-refractivity contribution is 5.86. The van der Waals surface area contributed by atoms with Gasteiger partial charge in [-0.05, 0) is 19.1 Å². The predicted molar refractivity (Wildman–Crippen MR) is 139 cm³/mol. The number of phenolic OH excluding ortho intramolecular Hbond substituents is 4. The van der Waals surface area contributed by atoms with Crippen molar-refractivity contribution in [3.63, 3.8) is 0 Å². The summed E-state index contributed by atoms with van der Waals surface area (Å²) in [6.07, 6.45) is -15.9. The molecule has 0 spiro atoms. The van der Waals surface area contributed by atoms with E-state index in [1.807, 2.05) is 0 Å². The third kappa shape index (κ3) is 5.15. The van der Waals surface area contributed by atoms with Gasteiger partial charge in [-0.3, -0.25) is 4.79 Å². The number of fused-ring (bicyclic) bond motifs is 1. The minimum Gasteiger partial charge on any atom is -0.508 e. The normalized spacial score (nSPS) is 33.6. The van der Waals surface area contributed by atoms with Gasteiger partial charge in [0.05, 0.1) is 12.7 Å². The summed E-state index contributed by atoms with van der Waals surface area (Å²) in [4.78, 5) is 12.8. The van der Waals surface area contributed by atoms with Gasteiger partial charge < -0.3 is 69.7 Å². The zero-order valence-corrected chi connectivity index (χ0v) is 21.9. The molecule has 0 aliphatic carbocycles. The topological polar surface area (TPSA) is 260 Å². The lowest BCUT2D eigenvalue weighted by Gasteiger charge is -2.46. The number of aliphatic hydroxyl groups is 6. The van der Waals surface area contributed by atoms with Crippen LogP contribution in [-0.2, 0) is 14.2 Å². The molecule has 2 aromatic carbocycles. The number of benzene rings is 2. The lowest BCUT2D eigenvalue weighted by molar-refractivity contribution is -0.338. The summed E-state index contributed by atoms with van der Waals surface area (Å²) in [5.74, 6) is -2.62. The monoisotopic (exact) mass is 594 g/mol. The van der Waals surface area contributed by atoms with Crippen LogP contribution in [0.25, 0.3) is 22.3 Å². The van der Waals surface area contributed by atoms with Gasteiger partial charge in [-0.1, -0.05) is 0 Å². The molecule has 10 unspecified atom stereocenters. The van der Waals surface area contributed by atoms with E-state index in [9.17, 15) is 55.9 Å². The molecule has 2 aliphatic heterocycles. The Morgan fingerprint density at radius 2 is 1.52 bits per heavy atom. The number of rotatable bonds is 5. The molecule has 1 aromatic heterocycles. The Balaban J connectivity index is 1.59. The SMILES string of the molecule is CC1OC(OC2C(c3cc(-c4cc(=O)c5c(O)cc(O)cc5o4)cc(O)c3O)OC(CO)C(O)C2O)C(O)C(O)C1O. The van der Waals surface area contributed by atoms with Crippen molar-refractivity contribution in [1.82, 2.24) is 0 Å². The van der Waals surface area contributed by atoms with Gasteiger partial charge in [-0.25, -0.2) is 0 Å². The number of hydrogen-bond acceptors (Lipinski definition) is 15. The van der Waals surface area contributed by atoms with Crippen LogP contribution >= 0.6 is 0 Å². The summed E-state index contributed by atoms with van der Waals surface area (Å²) in [6, 6.07) is 5.25. The Labute approximate surface area is 236 Å². The number of aliphatic hydroxyl groups excluding tert-OH is 6. The van der Waals surface area contributed by atoms with Gasteiger partial charge in [0.2, 0.25) is 0 Å². The molecule has 2 fully saturated rings. The van der Waals surface area contributed by atoms with Crippen molar-refractivity contribution in [2.45, 2.75) is 68.1 Å². The number of ether oxygens (including phenoxy) is 3. The van der Waals surface area contributed by atoms with E-state index >= 15 is 0 Å². The molecule has 0 amide bonds. The minimum atomic E-state index is -1.84. The molecule has 228 valence electrons. The lowest BCUT2D eigenvalue weighted by Crippen LogP contribution is -2.61. The third-order valence-corrected chi connectivity index (χ3v) is 7.47. The van der Waals surface area contributed by atoms with Crippen molar-refractivity contribution < 1.29 is 69.7 Å². The molecule has 2 aliphatic rings. The summed E-state index contributed by atoms with van der Waals surface area (Å²) < 4.78 is 22.6. The molecule has 3 heterocycles. The molecule has 10 atom stereocenters. The summed E-state index contributed by atoms with van der Waals surface area (Å²) in [7, 11) is 0. The highest BCUT2D eigenvalue weighted by atomic mass is 16.7. The standard InChI is InChI=1S/C27H30O15/c1-8-19(33)22(36)24(38)27(39-8)42-26-23(37)21(35)17(7-28)41-25(26)11-2-9(3-14(32)20(11)34)15-6-13(31)18-12(30)4-10(29)5-16(18)40-15/h2-6,8,17,19,21-30,32-38H,7H2,1H3. The molecule has 42 heavy (non-hydrogen) atoms. The highest BCUT2D eigenvalue weighted by Crippen LogP contribution is 2.45. The Kier molecular flexibility index (Phi) is 8.06. The summed E-state index contributed by atoms with van der Waals surface area (Å²) >= 11 is 0. The van der Waals surface area contributed by atoms with Gasteiger partial charge in [-0.2, -0.15) is 0 Å². The molecule has 3 aromatic rings. The molecular formula is C27H30O15. The van der Waals surface area contributed by atoms with Crippen LogP contribution in [0.2, 0.25) is 0 Å².